The molecule has 21 heavy (non-hydrogen) atoms. The maximum Gasteiger partial charge on any atom is 0.371 e. The lowest BCUT2D eigenvalue weighted by Crippen LogP contribution is -2.19. The number of halogens is 1. The van der Waals surface area contributed by atoms with Gasteiger partial charge >= 0.3 is 5.97 Å². The van der Waals surface area contributed by atoms with Gasteiger partial charge in [-0.25, -0.2) is 4.79 Å². The normalized spacial score (nSPS) is 10.7. The van der Waals surface area contributed by atoms with E-state index in [0.29, 0.717) is 10.8 Å². The van der Waals surface area contributed by atoms with Crippen LogP contribution in [0, 0.1) is 0 Å². The van der Waals surface area contributed by atoms with Gasteiger partial charge in [0.25, 0.3) is 0 Å². The Morgan fingerprint density at radius 3 is 2.52 bits per heavy atom. The first-order chi connectivity index (χ1) is 10.0. The molecule has 0 spiro atoms. The second kappa shape index (κ2) is 6.76. The number of benzene rings is 1. The summed E-state index contributed by atoms with van der Waals surface area (Å²) in [7, 11) is 0. The lowest BCUT2D eigenvalue weighted by molar-refractivity contribution is -0.116. The van der Waals surface area contributed by atoms with Crippen LogP contribution < -0.4 is 5.32 Å². The van der Waals surface area contributed by atoms with Crippen LogP contribution in [0.25, 0.3) is 6.08 Å². The second-order valence-corrected chi connectivity index (χ2v) is 4.61. The van der Waals surface area contributed by atoms with Crippen molar-refractivity contribution < 1.29 is 19.1 Å². The molecule has 0 unspecified atom stereocenters. The molecule has 108 valence electrons. The maximum absolute atomic E-state index is 11.6. The molecule has 6 heteroatoms. The topological polar surface area (TPSA) is 79.5 Å². The van der Waals surface area contributed by atoms with E-state index in [1.807, 2.05) is 0 Å². The Morgan fingerprint density at radius 2 is 1.90 bits per heavy atom. The third kappa shape index (κ3) is 4.50. The summed E-state index contributed by atoms with van der Waals surface area (Å²) in [5.41, 5.74) is 0.848. The van der Waals surface area contributed by atoms with Crippen LogP contribution in [-0.2, 0) is 11.3 Å². The fourth-order valence-corrected chi connectivity index (χ4v) is 1.69. The summed E-state index contributed by atoms with van der Waals surface area (Å²) >= 11 is 5.76. The Hall–Kier alpha value is -2.53. The molecule has 2 N–H and O–H groups in total. The van der Waals surface area contributed by atoms with Crippen LogP contribution in [0.2, 0.25) is 5.02 Å². The van der Waals surface area contributed by atoms with Crippen LogP contribution in [0.3, 0.4) is 0 Å². The summed E-state index contributed by atoms with van der Waals surface area (Å²) in [6.45, 7) is 0.122. The van der Waals surface area contributed by atoms with Crippen molar-refractivity contribution in [2.75, 3.05) is 0 Å². The smallest absolute Gasteiger partial charge is 0.371 e. The van der Waals surface area contributed by atoms with E-state index in [4.69, 9.17) is 21.1 Å². The van der Waals surface area contributed by atoms with Gasteiger partial charge in [0.2, 0.25) is 11.7 Å². The summed E-state index contributed by atoms with van der Waals surface area (Å²) in [5, 5.41) is 11.9. The minimum atomic E-state index is -1.14. The number of furan rings is 1. The monoisotopic (exact) mass is 305 g/mol. The average molecular weight is 306 g/mol. The summed E-state index contributed by atoms with van der Waals surface area (Å²) in [5.74, 6) is -1.23. The van der Waals surface area contributed by atoms with E-state index in [1.54, 1.807) is 30.3 Å². The predicted molar refractivity (Wildman–Crippen MR) is 78.0 cm³/mol. The van der Waals surface area contributed by atoms with Gasteiger partial charge in [0, 0.05) is 11.1 Å². The van der Waals surface area contributed by atoms with E-state index in [1.165, 1.54) is 18.2 Å². The zero-order valence-electron chi connectivity index (χ0n) is 10.9. The lowest BCUT2D eigenvalue weighted by atomic mass is 10.2. The molecule has 5 nitrogen and oxygen atoms in total. The van der Waals surface area contributed by atoms with Crippen LogP contribution in [0.1, 0.15) is 21.9 Å². The van der Waals surface area contributed by atoms with E-state index in [0.717, 1.165) is 5.56 Å². The molecule has 0 bridgehead atoms. The summed E-state index contributed by atoms with van der Waals surface area (Å²) < 4.78 is 5.02. The highest BCUT2D eigenvalue weighted by atomic mass is 35.5. The van der Waals surface area contributed by atoms with Crippen molar-refractivity contribution in [2.45, 2.75) is 6.54 Å². The minimum absolute atomic E-state index is 0.122. The number of carboxylic acids is 1. The highest BCUT2D eigenvalue weighted by molar-refractivity contribution is 6.30. The number of rotatable bonds is 5. The van der Waals surface area contributed by atoms with Gasteiger partial charge in [0.05, 0.1) is 6.54 Å². The molecule has 2 aromatic rings. The highest BCUT2D eigenvalue weighted by Gasteiger charge is 2.08. The van der Waals surface area contributed by atoms with Crippen LogP contribution in [0.5, 0.6) is 0 Å². The quantitative estimate of drug-likeness (QED) is 0.832. The largest absolute Gasteiger partial charge is 0.475 e. The molecular weight excluding hydrogens is 294 g/mol. The standard InChI is InChI=1S/C15H12ClNO4/c16-11-4-1-10(2-5-11)3-8-14(18)17-9-12-6-7-13(21-12)15(19)20/h1-8H,9H2,(H,17,18)(H,19,20)/b8-3+. The molecule has 2 rings (SSSR count). The zero-order valence-corrected chi connectivity index (χ0v) is 11.6. The molecule has 0 saturated carbocycles. The van der Waals surface area contributed by atoms with Crippen LogP contribution in [0.15, 0.2) is 46.9 Å². The Balaban J connectivity index is 1.86. The van der Waals surface area contributed by atoms with Crippen molar-refractivity contribution in [3.63, 3.8) is 0 Å². The van der Waals surface area contributed by atoms with Gasteiger partial charge in [-0.15, -0.1) is 0 Å². The van der Waals surface area contributed by atoms with Gasteiger partial charge < -0.3 is 14.8 Å². The Kier molecular flexibility index (Phi) is 4.79. The van der Waals surface area contributed by atoms with Crippen molar-refractivity contribution in [1.29, 1.82) is 0 Å². The van der Waals surface area contributed by atoms with Crippen molar-refractivity contribution >= 4 is 29.6 Å². The SMILES string of the molecule is O=C(/C=C/c1ccc(Cl)cc1)NCc1ccc(C(=O)O)o1. The van der Waals surface area contributed by atoms with Crippen molar-refractivity contribution in [3.8, 4) is 0 Å². The number of carbonyl (C=O) groups is 2. The van der Waals surface area contributed by atoms with Crippen molar-refractivity contribution in [3.05, 3.63) is 64.6 Å². The lowest BCUT2D eigenvalue weighted by Gasteiger charge is -1.99. The molecule has 1 aromatic heterocycles. The molecule has 1 heterocycles. The number of amides is 1. The maximum atomic E-state index is 11.6. The molecule has 0 aliphatic rings. The molecule has 0 aliphatic carbocycles. The van der Waals surface area contributed by atoms with Gasteiger partial charge in [0.1, 0.15) is 5.76 Å². The van der Waals surface area contributed by atoms with E-state index in [-0.39, 0.29) is 18.2 Å². The van der Waals surface area contributed by atoms with Crippen LogP contribution in [0.4, 0.5) is 0 Å². The van der Waals surface area contributed by atoms with Crippen LogP contribution >= 0.6 is 11.6 Å². The number of nitrogens with one attached hydrogen (secondary N) is 1. The first kappa shape index (κ1) is 14.9. The second-order valence-electron chi connectivity index (χ2n) is 4.17. The summed E-state index contributed by atoms with van der Waals surface area (Å²) in [6.07, 6.45) is 3.03. The number of hydrogen-bond donors (Lipinski definition) is 2. The van der Waals surface area contributed by atoms with E-state index in [2.05, 4.69) is 5.32 Å². The Morgan fingerprint density at radius 1 is 1.19 bits per heavy atom. The zero-order chi connectivity index (χ0) is 15.2. The van der Waals surface area contributed by atoms with Gasteiger partial charge in [-0.2, -0.15) is 0 Å². The van der Waals surface area contributed by atoms with Crippen LogP contribution in [-0.4, -0.2) is 17.0 Å². The predicted octanol–water partition coefficient (Wildman–Crippen LogP) is 2.96. The minimum Gasteiger partial charge on any atom is -0.475 e. The summed E-state index contributed by atoms with van der Waals surface area (Å²) in [6, 6.07) is 9.89. The fourth-order valence-electron chi connectivity index (χ4n) is 1.57. The van der Waals surface area contributed by atoms with Gasteiger partial charge in [-0.3, -0.25) is 4.79 Å². The number of hydrogen-bond acceptors (Lipinski definition) is 3. The highest BCUT2D eigenvalue weighted by Crippen LogP contribution is 2.10. The molecule has 0 atom stereocenters. The van der Waals surface area contributed by atoms with Crippen molar-refractivity contribution in [2.24, 2.45) is 0 Å². The van der Waals surface area contributed by atoms with Gasteiger partial charge in [-0.05, 0) is 35.9 Å². The average Bonchev–Trinajstić information content (AvgIpc) is 2.93. The number of carbonyl (C=O) groups excluding carboxylic acids is 1. The van der Waals surface area contributed by atoms with E-state index >= 15 is 0 Å². The van der Waals surface area contributed by atoms with Crippen molar-refractivity contribution in [1.82, 2.24) is 5.32 Å². The van der Waals surface area contributed by atoms with Gasteiger partial charge in [-0.1, -0.05) is 23.7 Å². The molecule has 0 saturated heterocycles. The molecule has 0 fully saturated rings. The molecular formula is C15H12ClNO4. The molecule has 1 amide bonds. The third-order valence-corrected chi connectivity index (χ3v) is 2.86. The molecule has 0 radical (unpaired) electrons. The Labute approximate surface area is 125 Å². The fraction of sp³-hybridized carbons (Fsp3) is 0.0667. The first-order valence-electron chi connectivity index (χ1n) is 6.08. The van der Waals surface area contributed by atoms with E-state index in [9.17, 15) is 9.59 Å². The van der Waals surface area contributed by atoms with E-state index < -0.39 is 5.97 Å². The molecule has 0 aliphatic heterocycles. The molecule has 1 aromatic carbocycles. The summed E-state index contributed by atoms with van der Waals surface area (Å²) in [4.78, 5) is 22.2. The number of aromatic carboxylic acids is 1. The number of carboxylic acid groups (broad SMARTS) is 1. The third-order valence-electron chi connectivity index (χ3n) is 2.61. The first-order valence-corrected chi connectivity index (χ1v) is 6.46. The van der Waals surface area contributed by atoms with Gasteiger partial charge in [0.15, 0.2) is 0 Å². The Bertz CT molecular complexity index is 673.